The van der Waals surface area contributed by atoms with Crippen LogP contribution in [0.25, 0.3) is 0 Å². The molecule has 2 heteroatoms. The Morgan fingerprint density at radius 3 is 2.80 bits per heavy atom. The van der Waals surface area contributed by atoms with E-state index in [1.807, 2.05) is 24.3 Å². The quantitative estimate of drug-likeness (QED) is 0.807. The zero-order valence-corrected chi connectivity index (χ0v) is 10.2. The Morgan fingerprint density at radius 2 is 2.13 bits per heavy atom. The molecule has 0 heterocycles. The van der Waals surface area contributed by atoms with E-state index in [2.05, 4.69) is 28.1 Å². The molecule has 0 aliphatic heterocycles. The molecule has 1 aromatic rings. The smallest absolute Gasteiger partial charge is 0.0863 e. The number of benzene rings is 1. The van der Waals surface area contributed by atoms with Crippen molar-refractivity contribution in [2.24, 2.45) is 5.92 Å². The van der Waals surface area contributed by atoms with Crippen LogP contribution in [0.4, 0.5) is 0 Å². The van der Waals surface area contributed by atoms with Gasteiger partial charge in [0.05, 0.1) is 6.10 Å². The van der Waals surface area contributed by atoms with Gasteiger partial charge in [-0.05, 0) is 30.9 Å². The van der Waals surface area contributed by atoms with Gasteiger partial charge in [0.15, 0.2) is 0 Å². The van der Waals surface area contributed by atoms with Crippen LogP contribution >= 0.6 is 15.9 Å². The summed E-state index contributed by atoms with van der Waals surface area (Å²) < 4.78 is 0.997. The molecule has 1 nitrogen and oxygen atoms in total. The van der Waals surface area contributed by atoms with E-state index in [0.29, 0.717) is 0 Å². The fourth-order valence-electron chi connectivity index (χ4n) is 2.05. The van der Waals surface area contributed by atoms with Gasteiger partial charge in [-0.15, -0.1) is 0 Å². The average Bonchev–Trinajstić information content (AvgIpc) is 2.30. The van der Waals surface area contributed by atoms with Gasteiger partial charge in [-0.25, -0.2) is 0 Å². The molecule has 0 aromatic heterocycles. The Hall–Kier alpha value is -0.600. The molecule has 80 valence electrons. The van der Waals surface area contributed by atoms with Crippen molar-refractivity contribution in [2.75, 3.05) is 0 Å². The second-order valence-electron chi connectivity index (χ2n) is 3.99. The molecule has 1 aliphatic rings. The van der Waals surface area contributed by atoms with Gasteiger partial charge in [-0.1, -0.05) is 46.3 Å². The summed E-state index contributed by atoms with van der Waals surface area (Å²) >= 11 is 3.48. The fourth-order valence-corrected chi connectivity index (χ4v) is 2.57. The number of hydrogen-bond acceptors (Lipinski definition) is 1. The average molecular weight is 267 g/mol. The highest BCUT2D eigenvalue weighted by Crippen LogP contribution is 2.33. The third-order valence-electron chi connectivity index (χ3n) is 2.92. The summed E-state index contributed by atoms with van der Waals surface area (Å²) in [5.74, 6) is 0.275. The minimum atomic E-state index is -0.378. The van der Waals surface area contributed by atoms with E-state index in [-0.39, 0.29) is 12.0 Å². The lowest BCUT2D eigenvalue weighted by molar-refractivity contribution is 0.123. The van der Waals surface area contributed by atoms with Gasteiger partial charge in [0.2, 0.25) is 0 Å². The first-order chi connectivity index (χ1) is 7.29. The molecule has 2 rings (SSSR count). The van der Waals surface area contributed by atoms with Crippen molar-refractivity contribution in [2.45, 2.75) is 25.4 Å². The standard InChI is InChI=1S/C13H15BrO/c14-12-9-5-4-8-11(12)13(15)10-6-2-1-3-7-10/h2,4-6,8-10,13,15H,1,3,7H2. The molecule has 2 atom stereocenters. The predicted molar refractivity (Wildman–Crippen MR) is 65.6 cm³/mol. The Balaban J connectivity index is 2.20. The van der Waals surface area contributed by atoms with Crippen LogP contribution in [0.3, 0.4) is 0 Å². The van der Waals surface area contributed by atoms with E-state index in [1.54, 1.807) is 0 Å². The maximum atomic E-state index is 10.2. The summed E-state index contributed by atoms with van der Waals surface area (Å²) in [4.78, 5) is 0. The molecule has 1 aliphatic carbocycles. The number of hydrogen-bond donors (Lipinski definition) is 1. The lowest BCUT2D eigenvalue weighted by Gasteiger charge is -2.23. The highest BCUT2D eigenvalue weighted by Gasteiger charge is 2.21. The highest BCUT2D eigenvalue weighted by molar-refractivity contribution is 9.10. The molecule has 0 radical (unpaired) electrons. The molecule has 0 saturated carbocycles. The number of halogens is 1. The summed E-state index contributed by atoms with van der Waals surface area (Å²) in [7, 11) is 0. The number of aliphatic hydroxyl groups is 1. The minimum Gasteiger partial charge on any atom is -0.388 e. The maximum absolute atomic E-state index is 10.2. The van der Waals surface area contributed by atoms with E-state index >= 15 is 0 Å². The molecule has 0 bridgehead atoms. The first-order valence-corrected chi connectivity index (χ1v) is 6.17. The van der Waals surface area contributed by atoms with Crippen LogP contribution in [0.5, 0.6) is 0 Å². The molecular formula is C13H15BrO. The van der Waals surface area contributed by atoms with Crippen LogP contribution in [0, 0.1) is 5.92 Å². The molecule has 0 spiro atoms. The van der Waals surface area contributed by atoms with Crippen molar-refractivity contribution in [1.29, 1.82) is 0 Å². The van der Waals surface area contributed by atoms with E-state index in [9.17, 15) is 5.11 Å². The molecule has 1 aromatic carbocycles. The summed E-state index contributed by atoms with van der Waals surface area (Å²) in [6.07, 6.45) is 7.36. The van der Waals surface area contributed by atoms with Crippen LogP contribution in [0.1, 0.15) is 30.9 Å². The summed E-state index contributed by atoms with van der Waals surface area (Å²) in [5.41, 5.74) is 0.994. The predicted octanol–water partition coefficient (Wildman–Crippen LogP) is 3.84. The largest absolute Gasteiger partial charge is 0.388 e. The Kier molecular flexibility index (Phi) is 3.60. The van der Waals surface area contributed by atoms with Crippen molar-refractivity contribution in [3.05, 3.63) is 46.5 Å². The second kappa shape index (κ2) is 4.95. The lowest BCUT2D eigenvalue weighted by atomic mass is 9.87. The van der Waals surface area contributed by atoms with Gasteiger partial charge in [0.1, 0.15) is 0 Å². The molecule has 15 heavy (non-hydrogen) atoms. The zero-order valence-electron chi connectivity index (χ0n) is 8.57. The summed E-state index contributed by atoms with van der Waals surface area (Å²) in [6.45, 7) is 0. The zero-order chi connectivity index (χ0) is 10.7. The van der Waals surface area contributed by atoms with Crippen molar-refractivity contribution in [3.63, 3.8) is 0 Å². The first kappa shape index (κ1) is 10.9. The van der Waals surface area contributed by atoms with E-state index in [4.69, 9.17) is 0 Å². The normalized spacial score (nSPS) is 22.7. The molecule has 2 unspecified atom stereocenters. The second-order valence-corrected chi connectivity index (χ2v) is 4.84. The van der Waals surface area contributed by atoms with E-state index < -0.39 is 0 Å². The van der Waals surface area contributed by atoms with Crippen molar-refractivity contribution in [1.82, 2.24) is 0 Å². The van der Waals surface area contributed by atoms with E-state index in [0.717, 1.165) is 22.9 Å². The third-order valence-corrected chi connectivity index (χ3v) is 3.64. The third kappa shape index (κ3) is 2.50. The fraction of sp³-hybridized carbons (Fsp3) is 0.385. The van der Waals surface area contributed by atoms with Crippen LogP contribution in [0.15, 0.2) is 40.9 Å². The summed E-state index contributed by atoms with van der Waals surface area (Å²) in [5, 5.41) is 10.2. The Bertz CT molecular complexity index is 359. The van der Waals surface area contributed by atoms with Crippen molar-refractivity contribution >= 4 is 15.9 Å². The van der Waals surface area contributed by atoms with Crippen LogP contribution < -0.4 is 0 Å². The monoisotopic (exact) mass is 266 g/mol. The summed E-state index contributed by atoms with van der Waals surface area (Å²) in [6, 6.07) is 7.90. The van der Waals surface area contributed by atoms with Gasteiger partial charge < -0.3 is 5.11 Å². The lowest BCUT2D eigenvalue weighted by Crippen LogP contribution is -2.12. The van der Waals surface area contributed by atoms with Crippen LogP contribution in [-0.4, -0.2) is 5.11 Å². The first-order valence-electron chi connectivity index (χ1n) is 5.38. The van der Waals surface area contributed by atoms with Gasteiger partial charge in [0, 0.05) is 10.4 Å². The molecule has 0 amide bonds. The Labute approximate surface area is 99.0 Å². The minimum absolute atomic E-state index is 0.275. The Morgan fingerprint density at radius 1 is 1.33 bits per heavy atom. The molecule has 0 saturated heterocycles. The van der Waals surface area contributed by atoms with Gasteiger partial charge in [0.25, 0.3) is 0 Å². The molecule has 1 N–H and O–H groups in total. The number of aliphatic hydroxyl groups excluding tert-OH is 1. The van der Waals surface area contributed by atoms with Gasteiger partial charge in [-0.2, -0.15) is 0 Å². The number of allylic oxidation sites excluding steroid dienone is 1. The van der Waals surface area contributed by atoms with E-state index in [1.165, 1.54) is 6.42 Å². The SMILES string of the molecule is OC(c1ccccc1Br)C1C=CCCC1. The van der Waals surface area contributed by atoms with Crippen molar-refractivity contribution < 1.29 is 5.11 Å². The highest BCUT2D eigenvalue weighted by atomic mass is 79.9. The molecule has 0 fully saturated rings. The maximum Gasteiger partial charge on any atom is 0.0863 e. The van der Waals surface area contributed by atoms with Crippen LogP contribution in [0.2, 0.25) is 0 Å². The van der Waals surface area contributed by atoms with Crippen molar-refractivity contribution in [3.8, 4) is 0 Å². The van der Waals surface area contributed by atoms with Crippen LogP contribution in [-0.2, 0) is 0 Å². The van der Waals surface area contributed by atoms with Gasteiger partial charge in [-0.3, -0.25) is 0 Å². The topological polar surface area (TPSA) is 20.2 Å². The number of rotatable bonds is 2. The van der Waals surface area contributed by atoms with Gasteiger partial charge >= 0.3 is 0 Å². The molecular weight excluding hydrogens is 252 g/mol.